The third-order valence-electron chi connectivity index (χ3n) is 5.53. The van der Waals surface area contributed by atoms with Gasteiger partial charge in [-0.25, -0.2) is 9.37 Å². The van der Waals surface area contributed by atoms with Crippen LogP contribution in [0.4, 0.5) is 17.6 Å². The van der Waals surface area contributed by atoms with Gasteiger partial charge in [0.15, 0.2) is 5.60 Å². The van der Waals surface area contributed by atoms with Crippen molar-refractivity contribution in [3.63, 3.8) is 0 Å². The summed E-state index contributed by atoms with van der Waals surface area (Å²) in [5, 5.41) is 21.5. The third kappa shape index (κ3) is 4.62. The number of para-hydroxylation sites is 1. The van der Waals surface area contributed by atoms with Gasteiger partial charge in [0.1, 0.15) is 16.7 Å². The SMILES string of the molecule is Cc1cccc2c(CC(O)(CC(C)(C)c3cc(F)ccc3O)C(F)(F)F)cc(Cl)nc12. The molecule has 0 aliphatic rings. The number of fused-ring (bicyclic) bond motifs is 1. The number of aromatic hydroxyl groups is 1. The van der Waals surface area contributed by atoms with Gasteiger partial charge in [0.05, 0.1) is 5.52 Å². The molecule has 1 heterocycles. The summed E-state index contributed by atoms with van der Waals surface area (Å²) in [4.78, 5) is 4.20. The Morgan fingerprint density at radius 2 is 1.74 bits per heavy atom. The van der Waals surface area contributed by atoms with Gasteiger partial charge in [-0.05, 0) is 54.2 Å². The van der Waals surface area contributed by atoms with Crippen molar-refractivity contribution in [3.05, 3.63) is 70.1 Å². The largest absolute Gasteiger partial charge is 0.508 e. The number of rotatable bonds is 5. The quantitative estimate of drug-likeness (QED) is 0.353. The maximum Gasteiger partial charge on any atom is 0.417 e. The molecule has 8 heteroatoms. The Bertz CT molecular complexity index is 1130. The second kappa shape index (κ2) is 7.95. The smallest absolute Gasteiger partial charge is 0.417 e. The Hall–Kier alpha value is -2.38. The highest BCUT2D eigenvalue weighted by Gasteiger charge is 2.56. The molecule has 0 bridgehead atoms. The van der Waals surface area contributed by atoms with Crippen LogP contribution in [0.15, 0.2) is 42.5 Å². The number of aryl methyl sites for hydroxylation is 1. The van der Waals surface area contributed by atoms with E-state index in [4.69, 9.17) is 11.6 Å². The van der Waals surface area contributed by atoms with Crippen LogP contribution in [0, 0.1) is 12.7 Å². The van der Waals surface area contributed by atoms with Crippen LogP contribution in [-0.4, -0.2) is 27.0 Å². The molecule has 3 nitrogen and oxygen atoms in total. The molecule has 2 N–H and O–H groups in total. The number of alkyl halides is 3. The highest BCUT2D eigenvalue weighted by Crippen LogP contribution is 2.45. The maximum atomic E-state index is 14.2. The van der Waals surface area contributed by atoms with Crippen LogP contribution in [0.3, 0.4) is 0 Å². The van der Waals surface area contributed by atoms with Gasteiger partial charge < -0.3 is 10.2 Å². The Kier molecular flexibility index (Phi) is 5.97. The van der Waals surface area contributed by atoms with Crippen LogP contribution in [0.5, 0.6) is 5.75 Å². The van der Waals surface area contributed by atoms with E-state index < -0.39 is 35.9 Å². The van der Waals surface area contributed by atoms with E-state index in [-0.39, 0.29) is 22.0 Å². The van der Waals surface area contributed by atoms with E-state index in [2.05, 4.69) is 4.98 Å². The number of halogens is 5. The van der Waals surface area contributed by atoms with Crippen LogP contribution in [0.2, 0.25) is 5.15 Å². The summed E-state index contributed by atoms with van der Waals surface area (Å²) in [6, 6.07) is 9.47. The van der Waals surface area contributed by atoms with Crippen molar-refractivity contribution in [2.45, 2.75) is 50.8 Å². The van der Waals surface area contributed by atoms with Crippen LogP contribution in [0.1, 0.15) is 37.0 Å². The Labute approximate surface area is 182 Å². The topological polar surface area (TPSA) is 53.4 Å². The summed E-state index contributed by atoms with van der Waals surface area (Å²) in [6.07, 6.45) is -6.59. The lowest BCUT2D eigenvalue weighted by Gasteiger charge is -2.38. The van der Waals surface area contributed by atoms with Crippen LogP contribution >= 0.6 is 11.6 Å². The van der Waals surface area contributed by atoms with Crippen LogP contribution < -0.4 is 0 Å². The summed E-state index contributed by atoms with van der Waals surface area (Å²) in [5.41, 5.74) is -3.21. The first-order valence-corrected chi connectivity index (χ1v) is 9.94. The van der Waals surface area contributed by atoms with Gasteiger partial charge in [-0.2, -0.15) is 13.2 Å². The second-order valence-corrected chi connectivity index (χ2v) is 8.89. The van der Waals surface area contributed by atoms with Crippen molar-refractivity contribution in [1.82, 2.24) is 4.98 Å². The minimum Gasteiger partial charge on any atom is -0.508 e. The molecule has 0 saturated heterocycles. The Balaban J connectivity index is 2.10. The molecule has 1 atom stereocenters. The fourth-order valence-electron chi connectivity index (χ4n) is 4.03. The number of aromatic nitrogens is 1. The normalized spacial score (nSPS) is 14.6. The van der Waals surface area contributed by atoms with Crippen molar-refractivity contribution in [1.29, 1.82) is 0 Å². The molecular weight excluding hydrogens is 434 g/mol. The average Bonchev–Trinajstić information content (AvgIpc) is 2.63. The number of phenolic OH excluding ortho intramolecular Hbond substituents is 1. The monoisotopic (exact) mass is 455 g/mol. The standard InChI is InChI=1S/C23H22ClF4NO2/c1-13-5-4-6-16-14(9-19(24)29-20(13)16)11-22(31,23(26,27)28)12-21(2,3)17-10-15(25)7-8-18(17)30/h4-10,30-31H,11-12H2,1-3H3. The van der Waals surface area contributed by atoms with Gasteiger partial charge >= 0.3 is 6.18 Å². The second-order valence-electron chi connectivity index (χ2n) is 8.50. The molecule has 0 spiro atoms. The number of phenols is 1. The van der Waals surface area contributed by atoms with Gasteiger partial charge in [0.2, 0.25) is 0 Å². The molecule has 0 aliphatic carbocycles. The molecule has 166 valence electrons. The molecule has 0 saturated carbocycles. The van der Waals surface area contributed by atoms with Gasteiger partial charge in [-0.1, -0.05) is 43.6 Å². The first-order chi connectivity index (χ1) is 14.2. The van der Waals surface area contributed by atoms with E-state index in [0.29, 0.717) is 10.9 Å². The lowest BCUT2D eigenvalue weighted by atomic mass is 9.72. The molecule has 0 aliphatic heterocycles. The zero-order valence-electron chi connectivity index (χ0n) is 17.2. The Morgan fingerprint density at radius 3 is 2.39 bits per heavy atom. The summed E-state index contributed by atoms with van der Waals surface area (Å²) in [5.74, 6) is -1.04. The minimum atomic E-state index is -5.00. The number of hydrogen-bond acceptors (Lipinski definition) is 3. The van der Waals surface area contributed by atoms with E-state index in [1.807, 2.05) is 0 Å². The molecule has 31 heavy (non-hydrogen) atoms. The summed E-state index contributed by atoms with van der Waals surface area (Å²) < 4.78 is 56.2. The van der Waals surface area contributed by atoms with Gasteiger partial charge in [0.25, 0.3) is 0 Å². The fourth-order valence-corrected chi connectivity index (χ4v) is 4.24. The molecule has 2 aromatic carbocycles. The van der Waals surface area contributed by atoms with Gasteiger partial charge in [-0.15, -0.1) is 0 Å². The number of aliphatic hydroxyl groups is 1. The third-order valence-corrected chi connectivity index (χ3v) is 5.72. The van der Waals surface area contributed by atoms with E-state index in [1.54, 1.807) is 25.1 Å². The van der Waals surface area contributed by atoms with E-state index in [1.165, 1.54) is 19.9 Å². The minimum absolute atomic E-state index is 0.0170. The zero-order valence-corrected chi connectivity index (χ0v) is 17.9. The molecule has 3 rings (SSSR count). The average molecular weight is 456 g/mol. The predicted molar refractivity (Wildman–Crippen MR) is 112 cm³/mol. The molecule has 0 fully saturated rings. The molecular formula is C23H22ClF4NO2. The van der Waals surface area contributed by atoms with E-state index in [0.717, 1.165) is 23.8 Å². The molecule has 1 unspecified atom stereocenters. The number of hydrogen-bond donors (Lipinski definition) is 2. The highest BCUT2D eigenvalue weighted by atomic mass is 35.5. The van der Waals surface area contributed by atoms with Crippen molar-refractivity contribution in [3.8, 4) is 5.75 Å². The van der Waals surface area contributed by atoms with Crippen LogP contribution in [-0.2, 0) is 11.8 Å². The summed E-state index contributed by atoms with van der Waals surface area (Å²) >= 11 is 6.06. The van der Waals surface area contributed by atoms with Crippen molar-refractivity contribution in [2.24, 2.45) is 0 Å². The summed E-state index contributed by atoms with van der Waals surface area (Å²) in [6.45, 7) is 4.60. The first-order valence-electron chi connectivity index (χ1n) is 9.56. The highest BCUT2D eigenvalue weighted by molar-refractivity contribution is 6.30. The van der Waals surface area contributed by atoms with Gasteiger partial charge in [0, 0.05) is 17.4 Å². The maximum absolute atomic E-state index is 14.2. The predicted octanol–water partition coefficient (Wildman–Crippen LogP) is 6.25. The molecule has 3 aromatic rings. The van der Waals surface area contributed by atoms with Crippen molar-refractivity contribution < 1.29 is 27.8 Å². The number of pyridine rings is 1. The lowest BCUT2D eigenvalue weighted by molar-refractivity contribution is -0.266. The zero-order chi connectivity index (χ0) is 23.2. The fraction of sp³-hybridized carbons (Fsp3) is 0.348. The van der Waals surface area contributed by atoms with Crippen molar-refractivity contribution >= 4 is 22.5 Å². The van der Waals surface area contributed by atoms with Crippen LogP contribution in [0.25, 0.3) is 10.9 Å². The Morgan fingerprint density at radius 1 is 1.06 bits per heavy atom. The first kappa shape index (κ1) is 23.3. The molecule has 1 aromatic heterocycles. The molecule has 0 radical (unpaired) electrons. The number of nitrogens with zero attached hydrogens (tertiary/aromatic N) is 1. The van der Waals surface area contributed by atoms with E-state index >= 15 is 0 Å². The summed E-state index contributed by atoms with van der Waals surface area (Å²) in [7, 11) is 0. The van der Waals surface area contributed by atoms with Gasteiger partial charge in [-0.3, -0.25) is 0 Å². The molecule has 0 amide bonds. The van der Waals surface area contributed by atoms with Crippen molar-refractivity contribution in [2.75, 3.05) is 0 Å². The lowest BCUT2D eigenvalue weighted by Crippen LogP contribution is -2.50. The van der Waals surface area contributed by atoms with E-state index in [9.17, 15) is 27.8 Å². The number of benzene rings is 2.